The molecule has 6 atom stereocenters. The number of carbonyl (C=O) groups is 2. The van der Waals surface area contributed by atoms with Crippen LogP contribution >= 0.6 is 0 Å². The van der Waals surface area contributed by atoms with E-state index >= 15 is 0 Å². The first-order valence-corrected chi connectivity index (χ1v) is 11.4. The van der Waals surface area contributed by atoms with Crippen LogP contribution in [0, 0.1) is 28.6 Å². The summed E-state index contributed by atoms with van der Waals surface area (Å²) < 4.78 is 5.55. The Bertz CT molecular complexity index is 840. The summed E-state index contributed by atoms with van der Waals surface area (Å²) in [5.74, 6) is 1.42. The van der Waals surface area contributed by atoms with Crippen LogP contribution in [-0.2, 0) is 19.2 Å². The van der Waals surface area contributed by atoms with Crippen LogP contribution < -0.4 is 0 Å². The van der Waals surface area contributed by atoms with Gasteiger partial charge in [-0.25, -0.2) is 4.79 Å². The van der Waals surface area contributed by atoms with Crippen molar-refractivity contribution in [3.8, 4) is 0 Å². The Kier molecular flexibility index (Phi) is 5.44. The molecule has 0 aromatic heterocycles. The molecule has 164 valence electrons. The molecule has 0 radical (unpaired) electrons. The summed E-state index contributed by atoms with van der Waals surface area (Å²) in [6.45, 7) is 9.71. The first-order valence-electron chi connectivity index (χ1n) is 11.4. The molecule has 0 heterocycles. The summed E-state index contributed by atoms with van der Waals surface area (Å²) >= 11 is 0. The Morgan fingerprint density at radius 3 is 2.40 bits per heavy atom. The van der Waals surface area contributed by atoms with Gasteiger partial charge in [-0.3, -0.25) is 4.79 Å². The normalized spacial score (nSPS) is 40.4. The lowest BCUT2D eigenvalue weighted by atomic mass is 9.47. The van der Waals surface area contributed by atoms with Crippen molar-refractivity contribution < 1.29 is 19.2 Å². The van der Waals surface area contributed by atoms with Gasteiger partial charge in [0, 0.05) is 20.3 Å². The first-order chi connectivity index (χ1) is 14.1. The highest BCUT2D eigenvalue weighted by Crippen LogP contribution is 2.65. The zero-order valence-electron chi connectivity index (χ0n) is 19.0. The number of esters is 1. The second-order valence-corrected chi connectivity index (χ2v) is 10.3. The van der Waals surface area contributed by atoms with E-state index in [1.807, 2.05) is 6.92 Å². The molecule has 30 heavy (non-hydrogen) atoms. The van der Waals surface area contributed by atoms with E-state index in [2.05, 4.69) is 31.2 Å². The number of hydrogen-bond donors (Lipinski definition) is 0. The van der Waals surface area contributed by atoms with Gasteiger partial charge in [0.15, 0.2) is 0 Å². The van der Waals surface area contributed by atoms with Crippen LogP contribution in [-0.4, -0.2) is 23.8 Å². The minimum atomic E-state index is -0.374. The second-order valence-electron chi connectivity index (χ2n) is 10.3. The van der Waals surface area contributed by atoms with Gasteiger partial charge < -0.3 is 9.57 Å². The monoisotopic (exact) mass is 413 g/mol. The van der Waals surface area contributed by atoms with Crippen molar-refractivity contribution in [2.24, 2.45) is 33.7 Å². The molecule has 5 nitrogen and oxygen atoms in total. The van der Waals surface area contributed by atoms with Gasteiger partial charge in [-0.15, -0.1) is 0 Å². The lowest BCUT2D eigenvalue weighted by Gasteiger charge is -2.57. The summed E-state index contributed by atoms with van der Waals surface area (Å²) in [7, 11) is 0. The topological polar surface area (TPSA) is 65.0 Å². The predicted octanol–water partition coefficient (Wildman–Crippen LogP) is 5.36. The van der Waals surface area contributed by atoms with E-state index in [0.29, 0.717) is 17.8 Å². The fourth-order valence-electron chi connectivity index (χ4n) is 7.27. The van der Waals surface area contributed by atoms with Gasteiger partial charge in [0.05, 0.1) is 5.71 Å². The van der Waals surface area contributed by atoms with Crippen LogP contribution in [0.2, 0.25) is 0 Å². The molecule has 0 aromatic rings. The SMILES string of the molecule is CC(=O)O/N=C(\C)C1=CC[C@H]2[C@@H]3CC=C4C[C@@H](OC(C)=O)CC[C@]4(C)[C@H]3CC[C@]12C. The molecule has 0 spiro atoms. The van der Waals surface area contributed by atoms with Crippen molar-refractivity contribution in [1.29, 1.82) is 0 Å². The molecule has 4 aliphatic carbocycles. The second kappa shape index (κ2) is 7.65. The summed E-state index contributed by atoms with van der Waals surface area (Å²) in [4.78, 5) is 27.5. The third-order valence-electron chi connectivity index (χ3n) is 8.67. The summed E-state index contributed by atoms with van der Waals surface area (Å²) in [5, 5.41) is 4.10. The fourth-order valence-corrected chi connectivity index (χ4v) is 7.27. The van der Waals surface area contributed by atoms with Crippen LogP contribution in [0.25, 0.3) is 0 Å². The van der Waals surface area contributed by atoms with Crippen molar-refractivity contribution in [2.45, 2.75) is 85.7 Å². The van der Waals surface area contributed by atoms with Crippen molar-refractivity contribution in [3.63, 3.8) is 0 Å². The molecule has 0 aromatic carbocycles. The van der Waals surface area contributed by atoms with Gasteiger partial charge in [0.1, 0.15) is 6.10 Å². The van der Waals surface area contributed by atoms with E-state index in [-0.39, 0.29) is 28.9 Å². The van der Waals surface area contributed by atoms with Crippen molar-refractivity contribution in [2.75, 3.05) is 0 Å². The molecule has 4 aliphatic rings. The average molecular weight is 414 g/mol. The summed E-state index contributed by atoms with van der Waals surface area (Å²) in [5.41, 5.74) is 3.96. The molecule has 0 bridgehead atoms. The van der Waals surface area contributed by atoms with Crippen LogP contribution in [0.5, 0.6) is 0 Å². The fraction of sp³-hybridized carbons (Fsp3) is 0.720. The maximum atomic E-state index is 11.4. The molecule has 0 aliphatic heterocycles. The highest BCUT2D eigenvalue weighted by atomic mass is 16.7. The Labute approximate surface area is 179 Å². The predicted molar refractivity (Wildman–Crippen MR) is 116 cm³/mol. The van der Waals surface area contributed by atoms with Gasteiger partial charge in [-0.05, 0) is 79.6 Å². The number of carbonyl (C=O) groups excluding carboxylic acids is 2. The maximum Gasteiger partial charge on any atom is 0.331 e. The highest BCUT2D eigenvalue weighted by molar-refractivity contribution is 5.99. The Morgan fingerprint density at radius 2 is 1.70 bits per heavy atom. The maximum absolute atomic E-state index is 11.4. The third-order valence-corrected chi connectivity index (χ3v) is 8.67. The number of nitrogens with zero attached hydrogens (tertiary/aromatic N) is 1. The van der Waals surface area contributed by atoms with Gasteiger partial charge in [0.25, 0.3) is 0 Å². The molecule has 2 saturated carbocycles. The van der Waals surface area contributed by atoms with E-state index in [1.165, 1.54) is 31.4 Å². The smallest absolute Gasteiger partial charge is 0.331 e. The number of ether oxygens (including phenoxy) is 1. The van der Waals surface area contributed by atoms with Crippen molar-refractivity contribution >= 4 is 17.7 Å². The van der Waals surface area contributed by atoms with Crippen LogP contribution in [0.3, 0.4) is 0 Å². The molecule has 5 heteroatoms. The molecule has 0 saturated heterocycles. The van der Waals surface area contributed by atoms with Gasteiger partial charge in [-0.1, -0.05) is 36.7 Å². The van der Waals surface area contributed by atoms with E-state index in [4.69, 9.17) is 9.57 Å². The van der Waals surface area contributed by atoms with Gasteiger partial charge in [0.2, 0.25) is 0 Å². The molecule has 0 amide bonds. The lowest BCUT2D eigenvalue weighted by molar-refractivity contribution is -0.148. The highest BCUT2D eigenvalue weighted by Gasteiger charge is 2.57. The number of rotatable bonds is 3. The van der Waals surface area contributed by atoms with Crippen molar-refractivity contribution in [3.05, 3.63) is 23.3 Å². The quantitative estimate of drug-likeness (QED) is 0.205. The first kappa shape index (κ1) is 21.3. The Hall–Kier alpha value is -1.91. The number of allylic oxidation sites excluding steroid dienone is 3. The third kappa shape index (κ3) is 3.44. The minimum absolute atomic E-state index is 0.0483. The molecular weight excluding hydrogens is 378 g/mol. The Balaban J connectivity index is 1.55. The molecular formula is C25H35NO4. The van der Waals surface area contributed by atoms with Gasteiger partial charge >= 0.3 is 11.9 Å². The average Bonchev–Trinajstić information content (AvgIpc) is 3.03. The zero-order valence-corrected chi connectivity index (χ0v) is 19.0. The Morgan fingerprint density at radius 1 is 0.967 bits per heavy atom. The summed E-state index contributed by atoms with van der Waals surface area (Å²) in [6.07, 6.45) is 12.4. The molecule has 0 unspecified atom stereocenters. The molecule has 4 rings (SSSR count). The number of fused-ring (bicyclic) bond motifs is 5. The van der Waals surface area contributed by atoms with Crippen LogP contribution in [0.4, 0.5) is 0 Å². The van der Waals surface area contributed by atoms with Crippen molar-refractivity contribution in [1.82, 2.24) is 0 Å². The standard InChI is InChI=1S/C25H35NO4/c1-15(26-30-17(3)28)21-8-9-22-20-7-6-18-14-19(29-16(2)27)10-12-24(18,4)23(20)11-13-25(21,22)5/h6,8,19-20,22-23H,7,9-14H2,1-5H3/b26-15+/t19-,20-,22-,23-,24-,25+/m0/s1. The van der Waals surface area contributed by atoms with Gasteiger partial charge in [-0.2, -0.15) is 0 Å². The number of oxime groups is 1. The lowest BCUT2D eigenvalue weighted by Crippen LogP contribution is -2.50. The molecule has 2 fully saturated rings. The largest absolute Gasteiger partial charge is 0.462 e. The number of hydrogen-bond acceptors (Lipinski definition) is 5. The zero-order chi connectivity index (χ0) is 21.7. The van der Waals surface area contributed by atoms with Crippen LogP contribution in [0.1, 0.15) is 79.6 Å². The van der Waals surface area contributed by atoms with E-state index < -0.39 is 0 Å². The van der Waals surface area contributed by atoms with E-state index in [1.54, 1.807) is 0 Å². The van der Waals surface area contributed by atoms with E-state index in [0.717, 1.165) is 44.2 Å². The van der Waals surface area contributed by atoms with Crippen LogP contribution in [0.15, 0.2) is 28.5 Å². The summed E-state index contributed by atoms with van der Waals surface area (Å²) in [6, 6.07) is 0. The van der Waals surface area contributed by atoms with E-state index in [9.17, 15) is 9.59 Å². The molecule has 0 N–H and O–H groups in total. The minimum Gasteiger partial charge on any atom is -0.462 e.